The smallest absolute Gasteiger partial charge is 0.410 e. The maximum atomic E-state index is 13.8. The highest BCUT2D eigenvalue weighted by Crippen LogP contribution is 2.34. The maximum absolute atomic E-state index is 13.8. The molecule has 4 rings (SSSR count). The second-order valence-electron chi connectivity index (χ2n) is 10.3. The molecule has 36 heavy (non-hydrogen) atoms. The van der Waals surface area contributed by atoms with Crippen LogP contribution in [0.3, 0.4) is 0 Å². The molecule has 11 heteroatoms. The maximum Gasteiger partial charge on any atom is 0.410 e. The van der Waals surface area contributed by atoms with E-state index in [1.54, 1.807) is 47.4 Å². The van der Waals surface area contributed by atoms with Crippen molar-refractivity contribution in [3.05, 3.63) is 46.8 Å². The van der Waals surface area contributed by atoms with Crippen molar-refractivity contribution < 1.29 is 33.0 Å². The molecule has 1 aromatic carbocycles. The average Bonchev–Trinajstić information content (AvgIpc) is 3.14. The minimum atomic E-state index is -2.93. The first kappa shape index (κ1) is 25.9. The third kappa shape index (κ3) is 5.02. The first-order valence-electron chi connectivity index (χ1n) is 12.0. The van der Waals surface area contributed by atoms with Crippen molar-refractivity contribution in [3.8, 4) is 5.75 Å². The number of halogens is 2. The van der Waals surface area contributed by atoms with E-state index in [2.05, 4.69) is 9.84 Å². The van der Waals surface area contributed by atoms with Crippen LogP contribution < -0.4 is 4.74 Å². The number of alkyl halides is 2. The van der Waals surface area contributed by atoms with Gasteiger partial charge in [-0.3, -0.25) is 9.48 Å². The Balaban J connectivity index is 1.63. The lowest BCUT2D eigenvalue weighted by Crippen LogP contribution is -2.51. The molecule has 1 N–H and O–H groups in total. The number of fused-ring (bicyclic) bond motifs is 3. The summed E-state index contributed by atoms with van der Waals surface area (Å²) in [5.74, 6) is -0.290. The van der Waals surface area contributed by atoms with E-state index in [4.69, 9.17) is 4.74 Å². The zero-order valence-electron chi connectivity index (χ0n) is 21.1. The molecule has 0 fully saturated rings. The Morgan fingerprint density at radius 2 is 1.92 bits per heavy atom. The Labute approximate surface area is 208 Å². The fraction of sp³-hybridized carbons (Fsp3) is 0.560. The van der Waals surface area contributed by atoms with E-state index in [0.29, 0.717) is 29.8 Å². The summed E-state index contributed by atoms with van der Waals surface area (Å²) in [6, 6.07) is 4.95. The van der Waals surface area contributed by atoms with Gasteiger partial charge in [0.05, 0.1) is 37.5 Å². The number of aliphatic hydroxyl groups is 1. The predicted molar refractivity (Wildman–Crippen MR) is 126 cm³/mol. The van der Waals surface area contributed by atoms with Gasteiger partial charge in [0.15, 0.2) is 0 Å². The number of ether oxygens (including phenoxy) is 2. The monoisotopic (exact) mass is 506 g/mol. The van der Waals surface area contributed by atoms with Gasteiger partial charge in [0.2, 0.25) is 0 Å². The second-order valence-corrected chi connectivity index (χ2v) is 10.3. The Morgan fingerprint density at radius 1 is 1.25 bits per heavy atom. The Hall–Kier alpha value is -3.21. The van der Waals surface area contributed by atoms with Crippen molar-refractivity contribution in [1.82, 2.24) is 19.6 Å². The van der Waals surface area contributed by atoms with Crippen LogP contribution in [0.4, 0.5) is 13.6 Å². The molecule has 0 bridgehead atoms. The van der Waals surface area contributed by atoms with E-state index in [1.807, 2.05) is 13.8 Å². The van der Waals surface area contributed by atoms with Gasteiger partial charge in [0, 0.05) is 18.0 Å². The molecular formula is C25H32F2N4O5. The van der Waals surface area contributed by atoms with Crippen molar-refractivity contribution in [2.24, 2.45) is 0 Å². The van der Waals surface area contributed by atoms with Crippen molar-refractivity contribution in [2.45, 2.75) is 84.5 Å². The molecule has 2 aliphatic rings. The molecular weight excluding hydrogens is 474 g/mol. The van der Waals surface area contributed by atoms with Gasteiger partial charge in [0.25, 0.3) is 5.91 Å². The van der Waals surface area contributed by atoms with Gasteiger partial charge >= 0.3 is 12.7 Å². The van der Waals surface area contributed by atoms with Crippen molar-refractivity contribution in [3.63, 3.8) is 0 Å². The van der Waals surface area contributed by atoms with E-state index < -0.39 is 30.4 Å². The van der Waals surface area contributed by atoms with E-state index in [1.165, 1.54) is 12.1 Å². The van der Waals surface area contributed by atoms with Crippen LogP contribution in [0.5, 0.6) is 5.75 Å². The van der Waals surface area contributed by atoms with Crippen LogP contribution in [0.1, 0.15) is 68.0 Å². The minimum Gasteiger partial charge on any atom is -0.444 e. The number of benzene rings is 1. The number of aliphatic hydroxyl groups excluding tert-OH is 1. The van der Waals surface area contributed by atoms with E-state index in [-0.39, 0.29) is 30.9 Å². The minimum absolute atomic E-state index is 0.0214. The molecule has 2 aliphatic heterocycles. The summed E-state index contributed by atoms with van der Waals surface area (Å²) >= 11 is 0. The Morgan fingerprint density at radius 3 is 2.50 bits per heavy atom. The molecule has 9 nitrogen and oxygen atoms in total. The third-order valence-electron chi connectivity index (χ3n) is 6.54. The molecule has 2 unspecified atom stereocenters. The number of hydrogen-bond donors (Lipinski definition) is 1. The van der Waals surface area contributed by atoms with Crippen LogP contribution in [0, 0.1) is 0 Å². The lowest BCUT2D eigenvalue weighted by atomic mass is 9.97. The van der Waals surface area contributed by atoms with Crippen LogP contribution in [0.15, 0.2) is 24.3 Å². The summed E-state index contributed by atoms with van der Waals surface area (Å²) in [6.45, 7) is 6.43. The molecule has 0 aliphatic carbocycles. The van der Waals surface area contributed by atoms with Crippen LogP contribution in [-0.4, -0.2) is 67.6 Å². The number of aromatic nitrogens is 2. The second kappa shape index (κ2) is 9.68. The number of nitrogens with zero attached hydrogens (tertiary/aromatic N) is 4. The molecule has 2 amide bonds. The number of carbonyl (C=O) groups is 2. The van der Waals surface area contributed by atoms with Crippen molar-refractivity contribution >= 4 is 12.0 Å². The summed E-state index contributed by atoms with van der Waals surface area (Å²) in [5.41, 5.74) is 1.87. The Kier molecular flexibility index (Phi) is 6.96. The van der Waals surface area contributed by atoms with E-state index in [0.717, 1.165) is 5.69 Å². The zero-order chi connectivity index (χ0) is 26.4. The number of carbonyl (C=O) groups excluding carboxylic acids is 2. The molecule has 0 saturated heterocycles. The van der Waals surface area contributed by atoms with Gasteiger partial charge < -0.3 is 24.4 Å². The largest absolute Gasteiger partial charge is 0.444 e. The normalized spacial score (nSPS) is 20.8. The summed E-state index contributed by atoms with van der Waals surface area (Å²) in [6.07, 6.45) is 0.0284. The highest BCUT2D eigenvalue weighted by molar-refractivity contribution is 5.95. The predicted octanol–water partition coefficient (Wildman–Crippen LogP) is 3.74. The van der Waals surface area contributed by atoms with Gasteiger partial charge in [-0.1, -0.05) is 12.1 Å². The molecule has 1 aromatic heterocycles. The van der Waals surface area contributed by atoms with Crippen LogP contribution in [0.2, 0.25) is 0 Å². The zero-order valence-corrected chi connectivity index (χ0v) is 21.1. The fourth-order valence-electron chi connectivity index (χ4n) is 4.83. The summed E-state index contributed by atoms with van der Waals surface area (Å²) in [7, 11) is 0. The topological polar surface area (TPSA) is 97.1 Å². The molecule has 3 heterocycles. The summed E-state index contributed by atoms with van der Waals surface area (Å²) < 4.78 is 36.6. The molecule has 0 spiro atoms. The van der Waals surface area contributed by atoms with Crippen molar-refractivity contribution in [1.29, 1.82) is 0 Å². The lowest BCUT2D eigenvalue weighted by molar-refractivity contribution is -0.0498. The van der Waals surface area contributed by atoms with Crippen LogP contribution in [0.25, 0.3) is 0 Å². The first-order valence-corrected chi connectivity index (χ1v) is 12.0. The van der Waals surface area contributed by atoms with Crippen LogP contribution in [-0.2, 0) is 24.2 Å². The quantitative estimate of drug-likeness (QED) is 0.664. The molecule has 196 valence electrons. The molecule has 2 aromatic rings. The van der Waals surface area contributed by atoms with Gasteiger partial charge in [-0.2, -0.15) is 13.9 Å². The van der Waals surface area contributed by atoms with Gasteiger partial charge in [-0.05, 0) is 52.3 Å². The number of hydrogen-bond acceptors (Lipinski definition) is 6. The Bertz CT molecular complexity index is 1130. The van der Waals surface area contributed by atoms with Gasteiger partial charge in [0.1, 0.15) is 17.0 Å². The van der Waals surface area contributed by atoms with Gasteiger partial charge in [-0.15, -0.1) is 0 Å². The summed E-state index contributed by atoms with van der Waals surface area (Å²) in [5, 5.41) is 14.8. The van der Waals surface area contributed by atoms with E-state index >= 15 is 0 Å². The highest BCUT2D eigenvalue weighted by Gasteiger charge is 2.42. The number of amides is 2. The molecule has 3 atom stereocenters. The lowest BCUT2D eigenvalue weighted by Gasteiger charge is -2.40. The standard InChI is InChI=1S/C25H32F2N4O5/c1-14-10-20-19(12-29(14)24(34)36-25(3,4)5)21-22(33)31(17(13-32)11-30(21)28-20)15(2)16-6-8-18(9-7-16)35-23(26)27/h6-9,14-15,17,23,32H,10-13H2,1-5H3/t14-,15?,17?/m1/s1. The highest BCUT2D eigenvalue weighted by atomic mass is 19.3. The first-order chi connectivity index (χ1) is 16.9. The fourth-order valence-corrected chi connectivity index (χ4v) is 4.83. The molecule has 0 radical (unpaired) electrons. The SMILES string of the molecule is CC(c1ccc(OC(F)F)cc1)N1C(=O)c2c3c(nn2CC1CO)C[C@@H](C)N(C(=O)OC(C)(C)C)C3. The van der Waals surface area contributed by atoms with Gasteiger partial charge in [-0.25, -0.2) is 4.79 Å². The van der Waals surface area contributed by atoms with Crippen molar-refractivity contribution in [2.75, 3.05) is 6.61 Å². The van der Waals surface area contributed by atoms with E-state index in [9.17, 15) is 23.5 Å². The third-order valence-corrected chi connectivity index (χ3v) is 6.54. The van der Waals surface area contributed by atoms with Crippen LogP contribution >= 0.6 is 0 Å². The number of rotatable bonds is 5. The average molecular weight is 507 g/mol. The summed E-state index contributed by atoms with van der Waals surface area (Å²) in [4.78, 5) is 29.9. The molecule has 0 saturated carbocycles.